The fraction of sp³-hybridized carbons (Fsp3) is 0.310. The van der Waals surface area contributed by atoms with Crippen molar-refractivity contribution in [3.63, 3.8) is 0 Å². The largest absolute Gasteiger partial charge is 0.497 e. The number of ether oxygens (including phenoxy) is 1. The van der Waals surface area contributed by atoms with Crippen LogP contribution in [0, 0.1) is 11.3 Å². The van der Waals surface area contributed by atoms with Crippen molar-refractivity contribution in [2.45, 2.75) is 25.8 Å². The molecule has 1 aliphatic carbocycles. The van der Waals surface area contributed by atoms with E-state index in [4.69, 9.17) is 9.72 Å². The summed E-state index contributed by atoms with van der Waals surface area (Å²) in [5, 5.41) is 3.47. The third-order valence-corrected chi connectivity index (χ3v) is 7.38. The Balaban J connectivity index is 1.45. The fourth-order valence-electron chi connectivity index (χ4n) is 5.31. The van der Waals surface area contributed by atoms with Crippen LogP contribution < -0.4 is 10.1 Å². The molecule has 1 atom stereocenters. The zero-order valence-electron chi connectivity index (χ0n) is 19.5. The van der Waals surface area contributed by atoms with Gasteiger partial charge in [0.05, 0.1) is 23.6 Å². The lowest BCUT2D eigenvalue weighted by Gasteiger charge is -2.28. The smallest absolute Gasteiger partial charge is 0.145 e. The molecule has 6 rings (SSSR count). The summed E-state index contributed by atoms with van der Waals surface area (Å²) in [6, 6.07) is 25.0. The van der Waals surface area contributed by atoms with Gasteiger partial charge in [0.1, 0.15) is 17.4 Å². The Kier molecular flexibility index (Phi) is 5.22. The second kappa shape index (κ2) is 8.41. The number of aromatic nitrogens is 2. The number of benzene rings is 3. The maximum Gasteiger partial charge on any atom is 0.145 e. The molecule has 0 amide bonds. The van der Waals surface area contributed by atoms with Gasteiger partial charge in [0, 0.05) is 30.6 Å². The van der Waals surface area contributed by atoms with Gasteiger partial charge in [-0.1, -0.05) is 54.6 Å². The number of Topliss-reactive ketones (excluding diaryl/α,β-unsaturated/α-hetero) is 1. The van der Waals surface area contributed by atoms with Crippen LogP contribution in [0.2, 0.25) is 0 Å². The van der Waals surface area contributed by atoms with E-state index >= 15 is 0 Å². The number of fused-ring (bicyclic) bond motifs is 1. The molecule has 1 saturated carbocycles. The number of carbonyl (C=O) groups is 1. The highest BCUT2D eigenvalue weighted by molar-refractivity contribution is 5.90. The molecule has 2 fully saturated rings. The first-order valence-electron chi connectivity index (χ1n) is 12.1. The summed E-state index contributed by atoms with van der Waals surface area (Å²) < 4.78 is 7.72. The fourth-order valence-corrected chi connectivity index (χ4v) is 5.31. The quantitative estimate of drug-likeness (QED) is 0.412. The highest BCUT2D eigenvalue weighted by Gasteiger charge is 2.48. The second-order valence-corrected chi connectivity index (χ2v) is 9.67. The van der Waals surface area contributed by atoms with Crippen molar-refractivity contribution in [1.29, 1.82) is 0 Å². The Morgan fingerprint density at radius 3 is 2.44 bits per heavy atom. The van der Waals surface area contributed by atoms with Crippen molar-refractivity contribution in [3.8, 4) is 28.3 Å². The number of hydrogen-bond donors (Lipinski definition) is 1. The molecule has 0 spiro atoms. The van der Waals surface area contributed by atoms with E-state index in [1.54, 1.807) is 7.11 Å². The van der Waals surface area contributed by atoms with Gasteiger partial charge in [0.2, 0.25) is 0 Å². The Morgan fingerprint density at radius 1 is 1.03 bits per heavy atom. The molecule has 1 N–H and O–H groups in total. The van der Waals surface area contributed by atoms with Crippen LogP contribution >= 0.6 is 0 Å². The monoisotopic (exact) mass is 451 g/mol. The van der Waals surface area contributed by atoms with Gasteiger partial charge in [0.15, 0.2) is 0 Å². The minimum absolute atomic E-state index is 0.239. The number of hydrogen-bond acceptors (Lipinski definition) is 4. The maximum absolute atomic E-state index is 13.4. The molecule has 1 saturated heterocycles. The van der Waals surface area contributed by atoms with E-state index in [1.165, 1.54) is 11.1 Å². The Bertz CT molecular complexity index is 1330. The second-order valence-electron chi connectivity index (χ2n) is 9.67. The van der Waals surface area contributed by atoms with Crippen LogP contribution in [-0.4, -0.2) is 35.5 Å². The lowest BCUT2D eigenvalue weighted by Crippen LogP contribution is -2.39. The lowest BCUT2D eigenvalue weighted by atomic mass is 9.80. The van der Waals surface area contributed by atoms with E-state index in [9.17, 15) is 4.79 Å². The van der Waals surface area contributed by atoms with Crippen molar-refractivity contribution in [2.75, 3.05) is 20.2 Å². The van der Waals surface area contributed by atoms with Crippen LogP contribution in [0.25, 0.3) is 33.5 Å². The van der Waals surface area contributed by atoms with Crippen LogP contribution in [0.3, 0.4) is 0 Å². The summed E-state index contributed by atoms with van der Waals surface area (Å²) >= 11 is 0. The Labute approximate surface area is 199 Å². The average Bonchev–Trinajstić information content (AvgIpc) is 3.53. The number of rotatable bonds is 7. The number of ketones is 1. The average molecular weight is 452 g/mol. The molecule has 2 aliphatic rings. The predicted octanol–water partition coefficient (Wildman–Crippen LogP) is 5.34. The first-order chi connectivity index (χ1) is 16.7. The van der Waals surface area contributed by atoms with Crippen LogP contribution in [0.5, 0.6) is 5.75 Å². The molecular weight excluding hydrogens is 422 g/mol. The van der Waals surface area contributed by atoms with Gasteiger partial charge in [-0.3, -0.25) is 4.79 Å². The topological polar surface area (TPSA) is 56.2 Å². The summed E-state index contributed by atoms with van der Waals surface area (Å²) in [4.78, 5) is 18.5. The van der Waals surface area contributed by atoms with E-state index in [1.807, 2.05) is 18.2 Å². The van der Waals surface area contributed by atoms with Gasteiger partial charge in [-0.2, -0.15) is 0 Å². The van der Waals surface area contributed by atoms with Crippen molar-refractivity contribution < 1.29 is 9.53 Å². The van der Waals surface area contributed by atoms with Crippen molar-refractivity contribution in [3.05, 3.63) is 72.8 Å². The summed E-state index contributed by atoms with van der Waals surface area (Å²) in [5.41, 5.74) is 4.98. The first kappa shape index (κ1) is 21.1. The normalized spacial score (nSPS) is 20.0. The zero-order valence-corrected chi connectivity index (χ0v) is 19.5. The Morgan fingerprint density at radius 2 is 1.76 bits per heavy atom. The highest BCUT2D eigenvalue weighted by Crippen LogP contribution is 2.42. The number of imidazole rings is 1. The third kappa shape index (κ3) is 3.70. The van der Waals surface area contributed by atoms with Crippen LogP contribution in [-0.2, 0) is 11.3 Å². The standard InChI is InChI=1S/C29H29N3O2/c1-34-24-13-14-26-25(17-24)31-28(23-11-7-21(8-12-23)20-5-3-2-4-6-20)32(26)19-29(15-16-30-18-29)27(33)22-9-10-22/h2-8,11-14,17,22,30H,9-10,15-16,18-19H2,1H3/t29-/m0/s1. The van der Waals surface area contributed by atoms with Crippen molar-refractivity contribution in [2.24, 2.45) is 11.3 Å². The molecule has 34 heavy (non-hydrogen) atoms. The molecule has 3 aromatic carbocycles. The van der Waals surface area contributed by atoms with E-state index in [-0.39, 0.29) is 11.3 Å². The van der Waals surface area contributed by atoms with Crippen LogP contribution in [0.15, 0.2) is 72.8 Å². The third-order valence-electron chi connectivity index (χ3n) is 7.38. The Hall–Kier alpha value is -3.44. The van der Waals surface area contributed by atoms with E-state index in [0.717, 1.165) is 60.5 Å². The molecule has 1 aromatic heterocycles. The lowest BCUT2D eigenvalue weighted by molar-refractivity contribution is -0.129. The number of methoxy groups -OCH3 is 1. The van der Waals surface area contributed by atoms with Crippen molar-refractivity contribution >= 4 is 16.8 Å². The van der Waals surface area contributed by atoms with E-state index in [2.05, 4.69) is 64.5 Å². The summed E-state index contributed by atoms with van der Waals surface area (Å²) in [6.45, 7) is 2.28. The zero-order chi connectivity index (χ0) is 23.1. The summed E-state index contributed by atoms with van der Waals surface area (Å²) in [7, 11) is 1.68. The molecule has 5 nitrogen and oxygen atoms in total. The van der Waals surface area contributed by atoms with Crippen LogP contribution in [0.1, 0.15) is 19.3 Å². The number of nitrogens with zero attached hydrogens (tertiary/aromatic N) is 2. The molecule has 0 unspecified atom stereocenters. The highest BCUT2D eigenvalue weighted by atomic mass is 16.5. The van der Waals surface area contributed by atoms with Gasteiger partial charge in [0.25, 0.3) is 0 Å². The number of carbonyl (C=O) groups excluding carboxylic acids is 1. The molecule has 1 aliphatic heterocycles. The van der Waals surface area contributed by atoms with E-state index in [0.29, 0.717) is 12.3 Å². The molecule has 2 heterocycles. The summed E-state index contributed by atoms with van der Waals surface area (Å²) in [5.74, 6) is 2.36. The van der Waals surface area contributed by atoms with Gasteiger partial charge in [-0.25, -0.2) is 4.98 Å². The van der Waals surface area contributed by atoms with Gasteiger partial charge in [-0.05, 0) is 49.1 Å². The molecule has 5 heteroatoms. The molecule has 0 radical (unpaired) electrons. The molecule has 0 bridgehead atoms. The van der Waals surface area contributed by atoms with Gasteiger partial charge < -0.3 is 14.6 Å². The van der Waals surface area contributed by atoms with Crippen LogP contribution in [0.4, 0.5) is 0 Å². The predicted molar refractivity (Wildman–Crippen MR) is 135 cm³/mol. The molecule has 172 valence electrons. The minimum atomic E-state index is -0.368. The SMILES string of the molecule is COc1ccc2c(c1)nc(-c1ccc(-c3ccccc3)cc1)n2C[C@]1(C(=O)C2CC2)CCNC1. The number of nitrogens with one attached hydrogen (secondary N) is 1. The first-order valence-corrected chi connectivity index (χ1v) is 12.1. The van der Waals surface area contributed by atoms with E-state index < -0.39 is 0 Å². The molecular formula is C29H29N3O2. The van der Waals surface area contributed by atoms with Crippen molar-refractivity contribution in [1.82, 2.24) is 14.9 Å². The molecule has 4 aromatic rings. The van der Waals surface area contributed by atoms with Gasteiger partial charge in [-0.15, -0.1) is 0 Å². The van der Waals surface area contributed by atoms with Gasteiger partial charge >= 0.3 is 0 Å². The summed E-state index contributed by atoms with van der Waals surface area (Å²) in [6.07, 6.45) is 2.96. The maximum atomic E-state index is 13.4. The minimum Gasteiger partial charge on any atom is -0.497 e.